The summed E-state index contributed by atoms with van der Waals surface area (Å²) in [5.41, 5.74) is 5.33. The molecule has 3 rings (SSSR count). The lowest BCUT2D eigenvalue weighted by Crippen LogP contribution is -3.10. The van der Waals surface area contributed by atoms with Crippen LogP contribution in [0.15, 0.2) is 66.9 Å². The maximum Gasteiger partial charge on any atom is 0.119 e. The van der Waals surface area contributed by atoms with Crippen molar-refractivity contribution in [1.29, 1.82) is 0 Å². The zero-order chi connectivity index (χ0) is 19.8. The number of rotatable bonds is 10. The summed E-state index contributed by atoms with van der Waals surface area (Å²) in [6.07, 6.45) is 2.18. The molecule has 0 amide bonds. The van der Waals surface area contributed by atoms with E-state index in [0.29, 0.717) is 0 Å². The number of hydrogen-bond acceptors (Lipinski definition) is 2. The monoisotopic (exact) mass is 379 g/mol. The molecule has 0 saturated heterocycles. The summed E-state index contributed by atoms with van der Waals surface area (Å²) in [6, 6.07) is 21.3. The van der Waals surface area contributed by atoms with E-state index in [9.17, 15) is 0 Å². The molecule has 0 saturated carbocycles. The van der Waals surface area contributed by atoms with E-state index in [1.165, 1.54) is 27.3 Å². The second-order valence-corrected chi connectivity index (χ2v) is 7.25. The Morgan fingerprint density at radius 3 is 2.57 bits per heavy atom. The van der Waals surface area contributed by atoms with Crippen LogP contribution in [0, 0.1) is 6.92 Å². The van der Waals surface area contributed by atoms with Crippen molar-refractivity contribution in [3.63, 3.8) is 0 Å². The maximum absolute atomic E-state index is 5.38. The second kappa shape index (κ2) is 10.1. The first-order valence-electron chi connectivity index (χ1n) is 9.83. The number of hydrogen-bond donors (Lipinski definition) is 1. The number of benzene rings is 2. The highest BCUT2D eigenvalue weighted by Gasteiger charge is 2.14. The van der Waals surface area contributed by atoms with Gasteiger partial charge in [-0.1, -0.05) is 36.4 Å². The summed E-state index contributed by atoms with van der Waals surface area (Å²) in [6.45, 7) is 6.69. The number of methoxy groups -OCH3 is 2. The van der Waals surface area contributed by atoms with Crippen molar-refractivity contribution in [2.24, 2.45) is 0 Å². The van der Waals surface area contributed by atoms with Gasteiger partial charge in [0.2, 0.25) is 0 Å². The molecule has 3 aromatic rings. The van der Waals surface area contributed by atoms with E-state index >= 15 is 0 Å². The van der Waals surface area contributed by atoms with Crippen molar-refractivity contribution in [3.05, 3.63) is 89.2 Å². The van der Waals surface area contributed by atoms with Crippen LogP contribution in [-0.4, -0.2) is 31.9 Å². The highest BCUT2D eigenvalue weighted by atomic mass is 16.5. The Hall–Kier alpha value is -2.56. The molecule has 2 aromatic carbocycles. The van der Waals surface area contributed by atoms with Crippen LogP contribution < -0.4 is 9.64 Å². The third kappa shape index (κ3) is 5.47. The van der Waals surface area contributed by atoms with E-state index in [1.807, 2.05) is 6.07 Å². The fourth-order valence-electron chi connectivity index (χ4n) is 3.55. The summed E-state index contributed by atoms with van der Waals surface area (Å²) in [4.78, 5) is 1.47. The number of ether oxygens (including phenoxy) is 2. The first-order chi connectivity index (χ1) is 13.7. The molecular weight excluding hydrogens is 348 g/mol. The first-order valence-corrected chi connectivity index (χ1v) is 9.83. The molecule has 0 fully saturated rings. The molecule has 1 N–H and O–H groups in total. The van der Waals surface area contributed by atoms with Crippen LogP contribution in [0.4, 0.5) is 0 Å². The molecule has 0 aliphatic rings. The molecule has 0 aliphatic carbocycles. The van der Waals surface area contributed by atoms with Gasteiger partial charge in [0.25, 0.3) is 0 Å². The van der Waals surface area contributed by atoms with Gasteiger partial charge >= 0.3 is 0 Å². The van der Waals surface area contributed by atoms with E-state index in [4.69, 9.17) is 9.47 Å². The quantitative estimate of drug-likeness (QED) is 0.586. The number of nitrogens with one attached hydrogen (secondary N) is 1. The van der Waals surface area contributed by atoms with Gasteiger partial charge in [0.15, 0.2) is 0 Å². The van der Waals surface area contributed by atoms with Gasteiger partial charge in [-0.25, -0.2) is 0 Å². The Labute approximate surface area is 168 Å². The standard InChI is InChI=1S/C24H30N2O2/c1-20-8-4-5-10-22(20)18-26-13-7-11-23(26)19-25(14-15-27-2)17-21-9-6-12-24(16-21)28-3/h4-13,16H,14-15,17-19H2,1-3H3/p+1. The normalized spacial score (nSPS) is 12.1. The van der Waals surface area contributed by atoms with Crippen LogP contribution in [0.25, 0.3) is 0 Å². The predicted molar refractivity (Wildman–Crippen MR) is 113 cm³/mol. The van der Waals surface area contributed by atoms with Gasteiger partial charge in [-0.05, 0) is 42.3 Å². The zero-order valence-electron chi connectivity index (χ0n) is 17.2. The fourth-order valence-corrected chi connectivity index (χ4v) is 3.55. The number of aryl methyl sites for hydroxylation is 1. The molecule has 4 nitrogen and oxygen atoms in total. The molecular formula is C24H31N2O2+. The van der Waals surface area contributed by atoms with E-state index in [2.05, 4.69) is 72.3 Å². The van der Waals surface area contributed by atoms with E-state index in [1.54, 1.807) is 14.2 Å². The Morgan fingerprint density at radius 2 is 1.79 bits per heavy atom. The van der Waals surface area contributed by atoms with E-state index in [-0.39, 0.29) is 0 Å². The highest BCUT2D eigenvalue weighted by Crippen LogP contribution is 2.13. The smallest absolute Gasteiger partial charge is 0.119 e. The van der Waals surface area contributed by atoms with Gasteiger partial charge in [-0.15, -0.1) is 0 Å². The van der Waals surface area contributed by atoms with Gasteiger partial charge in [0.05, 0.1) is 19.4 Å². The first kappa shape index (κ1) is 20.2. The van der Waals surface area contributed by atoms with Gasteiger partial charge < -0.3 is 18.9 Å². The van der Waals surface area contributed by atoms with Crippen LogP contribution in [-0.2, 0) is 24.4 Å². The average Bonchev–Trinajstić information content (AvgIpc) is 3.14. The van der Waals surface area contributed by atoms with Crippen molar-refractivity contribution >= 4 is 0 Å². The Morgan fingerprint density at radius 1 is 0.929 bits per heavy atom. The minimum atomic E-state index is 0.748. The van der Waals surface area contributed by atoms with Gasteiger partial charge in [0, 0.05) is 25.4 Å². The zero-order valence-corrected chi connectivity index (χ0v) is 17.2. The molecule has 0 spiro atoms. The fraction of sp³-hybridized carbons (Fsp3) is 0.333. The highest BCUT2D eigenvalue weighted by molar-refractivity contribution is 5.28. The van der Waals surface area contributed by atoms with Crippen LogP contribution in [0.2, 0.25) is 0 Å². The molecule has 1 unspecified atom stereocenters. The van der Waals surface area contributed by atoms with Crippen molar-refractivity contribution in [2.75, 3.05) is 27.4 Å². The van der Waals surface area contributed by atoms with Gasteiger partial charge in [0.1, 0.15) is 25.4 Å². The van der Waals surface area contributed by atoms with Crippen LogP contribution >= 0.6 is 0 Å². The van der Waals surface area contributed by atoms with Crippen molar-refractivity contribution in [2.45, 2.75) is 26.6 Å². The van der Waals surface area contributed by atoms with Crippen LogP contribution in [0.3, 0.4) is 0 Å². The summed E-state index contributed by atoms with van der Waals surface area (Å²) >= 11 is 0. The lowest BCUT2D eigenvalue weighted by molar-refractivity contribution is -0.928. The van der Waals surface area contributed by atoms with Gasteiger partial charge in [-0.3, -0.25) is 0 Å². The average molecular weight is 380 g/mol. The minimum Gasteiger partial charge on any atom is -0.497 e. The SMILES string of the molecule is COCC[NH+](Cc1cccc(OC)c1)Cc1cccn1Cc1ccccc1C. The van der Waals surface area contributed by atoms with E-state index < -0.39 is 0 Å². The maximum atomic E-state index is 5.38. The van der Waals surface area contributed by atoms with Crippen molar-refractivity contribution in [1.82, 2.24) is 4.57 Å². The second-order valence-electron chi connectivity index (χ2n) is 7.25. The van der Waals surface area contributed by atoms with Crippen LogP contribution in [0.5, 0.6) is 5.75 Å². The molecule has 0 radical (unpaired) electrons. The minimum absolute atomic E-state index is 0.748. The number of nitrogens with zero attached hydrogens (tertiary/aromatic N) is 1. The van der Waals surface area contributed by atoms with Gasteiger partial charge in [-0.2, -0.15) is 0 Å². The third-order valence-corrected chi connectivity index (χ3v) is 5.20. The lowest BCUT2D eigenvalue weighted by Gasteiger charge is -2.21. The number of aromatic nitrogens is 1. The summed E-state index contributed by atoms with van der Waals surface area (Å²) in [5.74, 6) is 0.909. The molecule has 148 valence electrons. The molecule has 0 aliphatic heterocycles. The Bertz CT molecular complexity index is 872. The molecule has 0 bridgehead atoms. The summed E-state index contributed by atoms with van der Waals surface area (Å²) in [5, 5.41) is 0. The molecule has 1 heterocycles. The summed E-state index contributed by atoms with van der Waals surface area (Å²) in [7, 11) is 3.48. The predicted octanol–water partition coefficient (Wildman–Crippen LogP) is 3.08. The molecule has 1 aromatic heterocycles. The summed E-state index contributed by atoms with van der Waals surface area (Å²) < 4.78 is 13.1. The van der Waals surface area contributed by atoms with Crippen LogP contribution in [0.1, 0.15) is 22.4 Å². The third-order valence-electron chi connectivity index (χ3n) is 5.20. The van der Waals surface area contributed by atoms with E-state index in [0.717, 1.165) is 38.5 Å². The molecule has 28 heavy (non-hydrogen) atoms. The molecule has 4 heteroatoms. The molecule has 1 atom stereocenters. The Kier molecular flexibility index (Phi) is 7.29. The topological polar surface area (TPSA) is 27.8 Å². The van der Waals surface area contributed by atoms with Crippen molar-refractivity contribution in [3.8, 4) is 5.75 Å². The lowest BCUT2D eigenvalue weighted by atomic mass is 10.1. The largest absolute Gasteiger partial charge is 0.497 e. The van der Waals surface area contributed by atoms with Crippen molar-refractivity contribution < 1.29 is 14.4 Å². The Balaban J connectivity index is 1.74. The number of quaternary nitrogens is 1.